The third kappa shape index (κ3) is 3.87. The molecule has 1 aromatic heterocycles. The van der Waals surface area contributed by atoms with Crippen LogP contribution in [0.1, 0.15) is 4.88 Å². The Kier molecular flexibility index (Phi) is 5.48. The summed E-state index contributed by atoms with van der Waals surface area (Å²) in [6.45, 7) is 0.336. The third-order valence-electron chi connectivity index (χ3n) is 2.83. The Morgan fingerprint density at radius 1 is 1.29 bits per heavy atom. The summed E-state index contributed by atoms with van der Waals surface area (Å²) >= 11 is 8.19. The van der Waals surface area contributed by atoms with E-state index in [1.54, 1.807) is 25.2 Å². The van der Waals surface area contributed by atoms with Crippen LogP contribution in [0.25, 0.3) is 0 Å². The summed E-state index contributed by atoms with van der Waals surface area (Å²) in [5.41, 5.74) is 0. The standard InChI is InChI=1S/C13H13Br2NO3S2/c1-16(7-10-5-9(14)8-20-10)21(17,18)11-3-4-13(19-2)12(15)6-11/h3-6,8H,7H2,1-2H3. The van der Waals surface area contributed by atoms with E-state index < -0.39 is 10.0 Å². The van der Waals surface area contributed by atoms with Gasteiger partial charge in [-0.2, -0.15) is 4.31 Å². The number of halogens is 2. The maximum Gasteiger partial charge on any atom is 0.243 e. The van der Waals surface area contributed by atoms with Crippen LogP contribution in [0, 0.1) is 0 Å². The molecule has 114 valence electrons. The van der Waals surface area contributed by atoms with Crippen molar-refractivity contribution in [1.29, 1.82) is 0 Å². The predicted octanol–water partition coefficient (Wildman–Crippen LogP) is 4.10. The summed E-state index contributed by atoms with van der Waals surface area (Å²) in [5.74, 6) is 0.596. The Balaban J connectivity index is 2.26. The molecule has 8 heteroatoms. The zero-order chi connectivity index (χ0) is 15.6. The molecule has 0 aliphatic carbocycles. The highest BCUT2D eigenvalue weighted by molar-refractivity contribution is 9.10. The molecule has 0 aliphatic rings. The molecule has 2 rings (SSSR count). The van der Waals surface area contributed by atoms with Crippen LogP contribution in [0.3, 0.4) is 0 Å². The number of hydrogen-bond donors (Lipinski definition) is 0. The molecule has 0 bridgehead atoms. The SMILES string of the molecule is COc1ccc(S(=O)(=O)N(C)Cc2cc(Br)cs2)cc1Br. The Morgan fingerprint density at radius 2 is 2.00 bits per heavy atom. The molecule has 0 aliphatic heterocycles. The van der Waals surface area contributed by atoms with Gasteiger partial charge in [-0.25, -0.2) is 8.42 Å². The molecular weight excluding hydrogens is 442 g/mol. The fourth-order valence-corrected chi connectivity index (χ4v) is 5.18. The first-order valence-electron chi connectivity index (χ1n) is 5.87. The molecule has 1 aromatic carbocycles. The van der Waals surface area contributed by atoms with Crippen molar-refractivity contribution in [1.82, 2.24) is 4.31 Å². The molecule has 0 unspecified atom stereocenters. The average molecular weight is 455 g/mol. The van der Waals surface area contributed by atoms with Gasteiger partial charge in [0.25, 0.3) is 0 Å². The van der Waals surface area contributed by atoms with Crippen LogP contribution in [-0.4, -0.2) is 26.9 Å². The topological polar surface area (TPSA) is 46.6 Å². The Bertz CT molecular complexity index is 744. The van der Waals surface area contributed by atoms with Gasteiger partial charge in [0.2, 0.25) is 10.0 Å². The van der Waals surface area contributed by atoms with Crippen LogP contribution in [-0.2, 0) is 16.6 Å². The molecule has 0 N–H and O–H groups in total. The van der Waals surface area contributed by atoms with Gasteiger partial charge in [-0.1, -0.05) is 0 Å². The summed E-state index contributed by atoms with van der Waals surface area (Å²) in [7, 11) is -0.429. The van der Waals surface area contributed by atoms with Gasteiger partial charge < -0.3 is 4.74 Å². The van der Waals surface area contributed by atoms with E-state index in [2.05, 4.69) is 31.9 Å². The Hall–Kier alpha value is -0.410. The lowest BCUT2D eigenvalue weighted by atomic mass is 10.3. The molecular formula is C13H13Br2NO3S2. The summed E-state index contributed by atoms with van der Waals surface area (Å²) in [4.78, 5) is 1.20. The monoisotopic (exact) mass is 453 g/mol. The second kappa shape index (κ2) is 6.78. The van der Waals surface area contributed by atoms with Crippen LogP contribution in [0.15, 0.2) is 43.5 Å². The van der Waals surface area contributed by atoms with Gasteiger partial charge in [0.05, 0.1) is 16.5 Å². The number of thiophene rings is 1. The van der Waals surface area contributed by atoms with Gasteiger partial charge in [0.1, 0.15) is 5.75 Å². The zero-order valence-corrected chi connectivity index (χ0v) is 16.1. The van der Waals surface area contributed by atoms with Crippen molar-refractivity contribution >= 4 is 53.2 Å². The first kappa shape index (κ1) is 17.0. The molecule has 21 heavy (non-hydrogen) atoms. The second-order valence-electron chi connectivity index (χ2n) is 4.29. The molecule has 0 spiro atoms. The quantitative estimate of drug-likeness (QED) is 0.683. The van der Waals surface area contributed by atoms with Crippen LogP contribution in [0.5, 0.6) is 5.75 Å². The van der Waals surface area contributed by atoms with E-state index in [1.165, 1.54) is 22.8 Å². The molecule has 0 radical (unpaired) electrons. The summed E-state index contributed by atoms with van der Waals surface area (Å²) in [6.07, 6.45) is 0. The molecule has 0 amide bonds. The minimum atomic E-state index is -3.54. The van der Waals surface area contributed by atoms with Crippen LogP contribution < -0.4 is 4.74 Å². The number of rotatable bonds is 5. The average Bonchev–Trinajstić information content (AvgIpc) is 2.83. The van der Waals surface area contributed by atoms with Crippen molar-refractivity contribution in [3.8, 4) is 5.75 Å². The van der Waals surface area contributed by atoms with Gasteiger partial charge in [0, 0.05) is 28.3 Å². The number of hydrogen-bond acceptors (Lipinski definition) is 4. The summed E-state index contributed by atoms with van der Waals surface area (Å²) < 4.78 is 33.1. The summed E-state index contributed by atoms with van der Waals surface area (Å²) in [6, 6.07) is 6.64. The van der Waals surface area contributed by atoms with Gasteiger partial charge >= 0.3 is 0 Å². The molecule has 4 nitrogen and oxygen atoms in total. The van der Waals surface area contributed by atoms with Crippen LogP contribution in [0.4, 0.5) is 0 Å². The normalized spacial score (nSPS) is 11.9. The van der Waals surface area contributed by atoms with Crippen LogP contribution >= 0.6 is 43.2 Å². The van der Waals surface area contributed by atoms with E-state index in [0.717, 1.165) is 9.35 Å². The molecule has 2 aromatic rings. The maximum atomic E-state index is 12.6. The van der Waals surface area contributed by atoms with Crippen LogP contribution in [0.2, 0.25) is 0 Å². The fourth-order valence-electron chi connectivity index (χ4n) is 1.73. The highest BCUT2D eigenvalue weighted by atomic mass is 79.9. The smallest absolute Gasteiger partial charge is 0.243 e. The van der Waals surface area contributed by atoms with Gasteiger partial charge in [-0.3, -0.25) is 0 Å². The number of ether oxygens (including phenoxy) is 1. The van der Waals surface area contributed by atoms with Gasteiger partial charge in [-0.05, 0) is 56.1 Å². The van der Waals surface area contributed by atoms with Crippen molar-refractivity contribution in [3.63, 3.8) is 0 Å². The summed E-state index contributed by atoms with van der Waals surface area (Å²) in [5, 5.41) is 1.93. The Labute approximate surface area is 145 Å². The van der Waals surface area contributed by atoms with E-state index in [9.17, 15) is 8.42 Å². The lowest BCUT2D eigenvalue weighted by Gasteiger charge is -2.17. The minimum Gasteiger partial charge on any atom is -0.496 e. The number of benzene rings is 1. The largest absolute Gasteiger partial charge is 0.496 e. The van der Waals surface area contributed by atoms with Crippen molar-refractivity contribution in [2.24, 2.45) is 0 Å². The highest BCUT2D eigenvalue weighted by Gasteiger charge is 2.22. The van der Waals surface area contributed by atoms with Crippen molar-refractivity contribution in [2.45, 2.75) is 11.4 Å². The third-order valence-corrected chi connectivity index (χ3v) is 6.93. The van der Waals surface area contributed by atoms with E-state index in [1.807, 2.05) is 11.4 Å². The lowest BCUT2D eigenvalue weighted by Crippen LogP contribution is -2.26. The molecule has 0 saturated carbocycles. The van der Waals surface area contributed by atoms with E-state index in [4.69, 9.17) is 4.74 Å². The van der Waals surface area contributed by atoms with Crippen molar-refractivity contribution < 1.29 is 13.2 Å². The zero-order valence-electron chi connectivity index (χ0n) is 11.3. The first-order valence-corrected chi connectivity index (χ1v) is 9.78. The molecule has 1 heterocycles. The predicted molar refractivity (Wildman–Crippen MR) is 91.4 cm³/mol. The molecule has 0 atom stereocenters. The van der Waals surface area contributed by atoms with E-state index in [0.29, 0.717) is 16.8 Å². The first-order chi connectivity index (χ1) is 9.84. The van der Waals surface area contributed by atoms with Gasteiger partial charge in [0.15, 0.2) is 0 Å². The number of sulfonamides is 1. The highest BCUT2D eigenvalue weighted by Crippen LogP contribution is 2.29. The van der Waals surface area contributed by atoms with Gasteiger partial charge in [-0.15, -0.1) is 11.3 Å². The van der Waals surface area contributed by atoms with E-state index >= 15 is 0 Å². The van der Waals surface area contributed by atoms with Crippen molar-refractivity contribution in [3.05, 3.63) is 43.5 Å². The fraction of sp³-hybridized carbons (Fsp3) is 0.231. The number of methoxy groups -OCH3 is 1. The molecule has 0 fully saturated rings. The molecule has 0 saturated heterocycles. The van der Waals surface area contributed by atoms with Crippen molar-refractivity contribution in [2.75, 3.05) is 14.2 Å². The van der Waals surface area contributed by atoms with E-state index in [-0.39, 0.29) is 4.90 Å². The number of nitrogens with zero attached hydrogens (tertiary/aromatic N) is 1. The lowest BCUT2D eigenvalue weighted by molar-refractivity contribution is 0.411. The minimum absolute atomic E-state index is 0.230. The second-order valence-corrected chi connectivity index (χ2v) is 9.10. The Morgan fingerprint density at radius 3 is 2.52 bits per heavy atom. The maximum absolute atomic E-state index is 12.6.